The second-order valence-corrected chi connectivity index (χ2v) is 5.36. The van der Waals surface area contributed by atoms with E-state index in [9.17, 15) is 4.79 Å². The van der Waals surface area contributed by atoms with Gasteiger partial charge in [-0.25, -0.2) is 0 Å². The average Bonchev–Trinajstić information content (AvgIpc) is 2.57. The van der Waals surface area contributed by atoms with Crippen molar-refractivity contribution in [3.05, 3.63) is 59.2 Å². The van der Waals surface area contributed by atoms with Gasteiger partial charge in [0.2, 0.25) is 0 Å². The minimum atomic E-state index is -0.248. The number of benzene rings is 2. The number of carbonyl (C=O) groups is 1. The molecule has 0 aliphatic rings. The maximum absolute atomic E-state index is 11.8. The van der Waals surface area contributed by atoms with Gasteiger partial charge in [0.15, 0.2) is 6.61 Å². The smallest absolute Gasteiger partial charge is 0.265 e. The summed E-state index contributed by atoms with van der Waals surface area (Å²) in [7, 11) is 0. The van der Waals surface area contributed by atoms with Crippen LogP contribution in [0.25, 0.3) is 0 Å². The summed E-state index contributed by atoms with van der Waals surface area (Å²) in [5.74, 6) is 0.561. The first-order valence-electron chi connectivity index (χ1n) is 7.84. The van der Waals surface area contributed by atoms with Crippen LogP contribution in [0.4, 0.5) is 5.69 Å². The van der Waals surface area contributed by atoms with Gasteiger partial charge in [-0.1, -0.05) is 11.2 Å². The minimum absolute atomic E-state index is 0.138. The van der Waals surface area contributed by atoms with Gasteiger partial charge in [0.1, 0.15) is 5.75 Å². The zero-order valence-corrected chi connectivity index (χ0v) is 14.2. The van der Waals surface area contributed by atoms with E-state index in [0.29, 0.717) is 6.61 Å². The van der Waals surface area contributed by atoms with Gasteiger partial charge in [0.25, 0.3) is 5.91 Å². The van der Waals surface area contributed by atoms with Crippen LogP contribution in [0.15, 0.2) is 47.6 Å². The second-order valence-electron chi connectivity index (χ2n) is 5.36. The van der Waals surface area contributed by atoms with Crippen molar-refractivity contribution in [3.8, 4) is 5.75 Å². The van der Waals surface area contributed by atoms with Crippen LogP contribution in [0.5, 0.6) is 5.75 Å². The molecule has 0 spiro atoms. The van der Waals surface area contributed by atoms with Crippen LogP contribution in [0, 0.1) is 13.8 Å². The molecule has 0 atom stereocenters. The van der Waals surface area contributed by atoms with Crippen LogP contribution in [-0.4, -0.2) is 25.3 Å². The number of hydrogen-bond acceptors (Lipinski definition) is 4. The van der Waals surface area contributed by atoms with Gasteiger partial charge >= 0.3 is 0 Å². The summed E-state index contributed by atoms with van der Waals surface area (Å²) in [4.78, 5) is 16.8. The average molecular weight is 326 g/mol. The first kappa shape index (κ1) is 17.5. The number of aryl methyl sites for hydroxylation is 2. The molecule has 0 bridgehead atoms. The van der Waals surface area contributed by atoms with Crippen LogP contribution < -0.4 is 10.1 Å². The van der Waals surface area contributed by atoms with E-state index in [1.165, 1.54) is 5.56 Å². The Balaban J connectivity index is 1.78. The Hall–Kier alpha value is -2.82. The Morgan fingerprint density at radius 2 is 1.88 bits per heavy atom. The Morgan fingerprint density at radius 3 is 2.54 bits per heavy atom. The number of nitrogens with one attached hydrogen (secondary N) is 1. The molecule has 0 aliphatic heterocycles. The summed E-state index contributed by atoms with van der Waals surface area (Å²) in [5.41, 5.74) is 3.93. The van der Waals surface area contributed by atoms with Crippen molar-refractivity contribution >= 4 is 17.8 Å². The van der Waals surface area contributed by atoms with Crippen molar-refractivity contribution in [1.29, 1.82) is 0 Å². The van der Waals surface area contributed by atoms with Gasteiger partial charge in [0.05, 0.1) is 12.8 Å². The van der Waals surface area contributed by atoms with Crippen LogP contribution in [0.1, 0.15) is 23.6 Å². The molecule has 0 aliphatic carbocycles. The van der Waals surface area contributed by atoms with E-state index in [1.807, 2.05) is 63.2 Å². The Labute approximate surface area is 142 Å². The second kappa shape index (κ2) is 8.72. The van der Waals surface area contributed by atoms with Gasteiger partial charge in [-0.3, -0.25) is 4.79 Å². The maximum Gasteiger partial charge on any atom is 0.265 e. The molecule has 2 aromatic rings. The number of nitrogens with zero attached hydrogens (tertiary/aromatic N) is 1. The Kier molecular flexibility index (Phi) is 6.37. The highest BCUT2D eigenvalue weighted by Gasteiger charge is 2.03. The molecule has 0 saturated carbocycles. The van der Waals surface area contributed by atoms with Gasteiger partial charge in [-0.15, -0.1) is 0 Å². The molecule has 2 aromatic carbocycles. The van der Waals surface area contributed by atoms with Gasteiger partial charge < -0.3 is 14.9 Å². The molecular formula is C19H22N2O3. The topological polar surface area (TPSA) is 59.9 Å². The first-order chi connectivity index (χ1) is 11.6. The predicted molar refractivity (Wildman–Crippen MR) is 95.7 cm³/mol. The zero-order chi connectivity index (χ0) is 17.4. The highest BCUT2D eigenvalue weighted by atomic mass is 16.6. The van der Waals surface area contributed by atoms with Gasteiger partial charge in [-0.2, -0.15) is 0 Å². The molecule has 0 aromatic heterocycles. The number of anilines is 1. The molecule has 5 heteroatoms. The fraction of sp³-hybridized carbons (Fsp3) is 0.263. The van der Waals surface area contributed by atoms with Gasteiger partial charge in [0, 0.05) is 5.69 Å². The zero-order valence-electron chi connectivity index (χ0n) is 14.2. The molecule has 126 valence electrons. The summed E-state index contributed by atoms with van der Waals surface area (Å²) in [6.45, 7) is 6.46. The van der Waals surface area contributed by atoms with Gasteiger partial charge in [-0.05, 0) is 73.9 Å². The number of carbonyl (C=O) groups excluding carboxylic acids is 1. The molecule has 2 rings (SSSR count). The lowest BCUT2D eigenvalue weighted by molar-refractivity contribution is -0.120. The van der Waals surface area contributed by atoms with E-state index in [4.69, 9.17) is 9.57 Å². The van der Waals surface area contributed by atoms with E-state index in [-0.39, 0.29) is 12.5 Å². The molecule has 1 amide bonds. The van der Waals surface area contributed by atoms with Crippen molar-refractivity contribution < 1.29 is 14.4 Å². The summed E-state index contributed by atoms with van der Waals surface area (Å²) in [6, 6.07) is 13.2. The first-order valence-corrected chi connectivity index (χ1v) is 7.84. The van der Waals surface area contributed by atoms with E-state index < -0.39 is 0 Å². The summed E-state index contributed by atoms with van der Waals surface area (Å²) in [6.07, 6.45) is 1.55. The van der Waals surface area contributed by atoms with Crippen molar-refractivity contribution in [2.24, 2.45) is 5.16 Å². The highest BCUT2D eigenvalue weighted by Crippen LogP contribution is 2.14. The highest BCUT2D eigenvalue weighted by molar-refractivity contribution is 5.91. The monoisotopic (exact) mass is 326 g/mol. The van der Waals surface area contributed by atoms with Crippen molar-refractivity contribution in [2.45, 2.75) is 20.8 Å². The van der Waals surface area contributed by atoms with E-state index in [2.05, 4.69) is 10.5 Å². The fourth-order valence-corrected chi connectivity index (χ4v) is 2.03. The predicted octanol–water partition coefficient (Wildman–Crippen LogP) is 3.69. The molecule has 0 radical (unpaired) electrons. The van der Waals surface area contributed by atoms with E-state index in [1.54, 1.807) is 6.21 Å². The number of ether oxygens (including phenoxy) is 1. The fourth-order valence-electron chi connectivity index (χ4n) is 2.03. The third kappa shape index (κ3) is 5.43. The standard InChI is InChI=1S/C19H22N2O3/c1-4-23-18-9-6-16(7-10-18)12-20-24-13-19(22)21-17-8-5-14(2)15(3)11-17/h5-12H,4,13H2,1-3H3,(H,21,22)/b20-12-. The third-order valence-corrected chi connectivity index (χ3v) is 3.45. The number of amides is 1. The van der Waals surface area contributed by atoms with Crippen LogP contribution >= 0.6 is 0 Å². The number of oxime groups is 1. The summed E-state index contributed by atoms with van der Waals surface area (Å²) >= 11 is 0. The normalized spacial score (nSPS) is 10.6. The third-order valence-electron chi connectivity index (χ3n) is 3.45. The Morgan fingerprint density at radius 1 is 1.12 bits per heavy atom. The lowest BCUT2D eigenvalue weighted by Crippen LogP contribution is -2.17. The minimum Gasteiger partial charge on any atom is -0.494 e. The van der Waals surface area contributed by atoms with Crippen LogP contribution in [0.3, 0.4) is 0 Å². The molecule has 5 nitrogen and oxygen atoms in total. The number of hydrogen-bond donors (Lipinski definition) is 1. The molecule has 0 heterocycles. The summed E-state index contributed by atoms with van der Waals surface area (Å²) in [5, 5.41) is 6.58. The quantitative estimate of drug-likeness (QED) is 0.623. The van der Waals surface area contributed by atoms with Crippen molar-refractivity contribution in [1.82, 2.24) is 0 Å². The number of rotatable bonds is 7. The van der Waals surface area contributed by atoms with E-state index >= 15 is 0 Å². The largest absolute Gasteiger partial charge is 0.494 e. The van der Waals surface area contributed by atoms with Crippen LogP contribution in [0.2, 0.25) is 0 Å². The Bertz CT molecular complexity index is 709. The SMILES string of the molecule is CCOc1ccc(/C=N\OCC(=O)Nc2ccc(C)c(C)c2)cc1. The lowest BCUT2D eigenvalue weighted by Gasteiger charge is -2.07. The summed E-state index contributed by atoms with van der Waals surface area (Å²) < 4.78 is 5.36. The van der Waals surface area contributed by atoms with E-state index in [0.717, 1.165) is 22.6 Å². The van der Waals surface area contributed by atoms with Crippen molar-refractivity contribution in [2.75, 3.05) is 18.5 Å². The van der Waals surface area contributed by atoms with Crippen molar-refractivity contribution in [3.63, 3.8) is 0 Å². The molecule has 1 N–H and O–H groups in total. The molecule has 0 unspecified atom stereocenters. The molecular weight excluding hydrogens is 304 g/mol. The molecule has 24 heavy (non-hydrogen) atoms. The molecule has 0 saturated heterocycles. The maximum atomic E-state index is 11.8. The lowest BCUT2D eigenvalue weighted by atomic mass is 10.1. The molecule has 0 fully saturated rings. The van der Waals surface area contributed by atoms with Crippen LogP contribution in [-0.2, 0) is 9.63 Å².